The topological polar surface area (TPSA) is 38.4 Å². The Morgan fingerprint density at radius 1 is 1.43 bits per heavy atom. The lowest BCUT2D eigenvalue weighted by atomic mass is 10.6. The fourth-order valence-corrected chi connectivity index (χ4v) is 0.175. The first-order valence-electron chi connectivity index (χ1n) is 1.91. The smallest absolute Gasteiger partial charge is 0.0261 e. The number of aliphatic imine (C=N–C) groups is 1. The Hall–Kier alpha value is -1.05. The number of nitrogens with zero attached hydrogens (tertiary/aromatic N) is 1. The third-order valence-electron chi connectivity index (χ3n) is 0.414. The SMILES string of the molecule is C=N/C=C\C=C\N. The van der Waals surface area contributed by atoms with Gasteiger partial charge in [-0.1, -0.05) is 0 Å². The van der Waals surface area contributed by atoms with Crippen LogP contribution in [0.15, 0.2) is 29.5 Å². The van der Waals surface area contributed by atoms with Crippen molar-refractivity contribution in [2.45, 2.75) is 0 Å². The van der Waals surface area contributed by atoms with E-state index in [4.69, 9.17) is 5.73 Å². The Morgan fingerprint density at radius 3 is 2.57 bits per heavy atom. The molecule has 0 amide bonds. The Morgan fingerprint density at radius 2 is 2.14 bits per heavy atom. The third kappa shape index (κ3) is 4.95. The van der Waals surface area contributed by atoms with E-state index in [9.17, 15) is 0 Å². The molecule has 0 spiro atoms. The molecule has 0 rings (SSSR count). The number of allylic oxidation sites excluding steroid dienone is 2. The van der Waals surface area contributed by atoms with Crippen LogP contribution in [-0.4, -0.2) is 6.72 Å². The van der Waals surface area contributed by atoms with Crippen molar-refractivity contribution < 1.29 is 0 Å². The van der Waals surface area contributed by atoms with E-state index < -0.39 is 0 Å². The van der Waals surface area contributed by atoms with E-state index in [0.29, 0.717) is 0 Å². The van der Waals surface area contributed by atoms with Gasteiger partial charge in [-0.2, -0.15) is 0 Å². The predicted molar refractivity (Wildman–Crippen MR) is 32.0 cm³/mol. The van der Waals surface area contributed by atoms with Gasteiger partial charge in [0.05, 0.1) is 0 Å². The highest BCUT2D eigenvalue weighted by molar-refractivity contribution is 5.26. The molecule has 0 bridgehead atoms. The highest BCUT2D eigenvalue weighted by Crippen LogP contribution is 1.71. The molecule has 0 heterocycles. The van der Waals surface area contributed by atoms with Crippen LogP contribution in [0.1, 0.15) is 0 Å². The summed E-state index contributed by atoms with van der Waals surface area (Å²) in [5.41, 5.74) is 4.98. The summed E-state index contributed by atoms with van der Waals surface area (Å²) in [6, 6.07) is 0. The van der Waals surface area contributed by atoms with Gasteiger partial charge in [0.1, 0.15) is 0 Å². The second kappa shape index (κ2) is 4.95. The van der Waals surface area contributed by atoms with E-state index in [-0.39, 0.29) is 0 Å². The van der Waals surface area contributed by atoms with Crippen molar-refractivity contribution in [1.29, 1.82) is 0 Å². The van der Waals surface area contributed by atoms with E-state index in [1.165, 1.54) is 6.20 Å². The van der Waals surface area contributed by atoms with Crippen LogP contribution in [-0.2, 0) is 0 Å². The summed E-state index contributed by atoms with van der Waals surface area (Å²) in [7, 11) is 0. The standard InChI is InChI=1S/C5H8N2/c1-7-5-3-2-4-6/h2-5H,1,6H2/b4-2+,5-3-. The molecule has 2 nitrogen and oxygen atoms in total. The maximum atomic E-state index is 4.98. The second-order valence-electron chi connectivity index (χ2n) is 0.909. The van der Waals surface area contributed by atoms with E-state index in [1.54, 1.807) is 18.4 Å². The summed E-state index contributed by atoms with van der Waals surface area (Å²) >= 11 is 0. The van der Waals surface area contributed by atoms with E-state index >= 15 is 0 Å². The largest absolute Gasteiger partial charge is 0.405 e. The molecule has 0 aromatic carbocycles. The van der Waals surface area contributed by atoms with Crippen LogP contribution in [0, 0.1) is 0 Å². The molecule has 0 unspecified atom stereocenters. The van der Waals surface area contributed by atoms with Crippen molar-refractivity contribution in [3.05, 3.63) is 24.6 Å². The zero-order chi connectivity index (χ0) is 5.54. The highest BCUT2D eigenvalue weighted by Gasteiger charge is 1.52. The van der Waals surface area contributed by atoms with Crippen LogP contribution in [0.25, 0.3) is 0 Å². The molecule has 7 heavy (non-hydrogen) atoms. The first kappa shape index (κ1) is 5.95. The molecule has 38 valence electrons. The lowest BCUT2D eigenvalue weighted by Crippen LogP contribution is -1.71. The van der Waals surface area contributed by atoms with Gasteiger partial charge in [0, 0.05) is 6.20 Å². The number of nitrogens with two attached hydrogens (primary N) is 1. The van der Waals surface area contributed by atoms with Gasteiger partial charge in [-0.3, -0.25) is 4.99 Å². The summed E-state index contributed by atoms with van der Waals surface area (Å²) in [6.07, 6.45) is 6.37. The van der Waals surface area contributed by atoms with Gasteiger partial charge >= 0.3 is 0 Å². The molecule has 0 aliphatic carbocycles. The molecule has 2 N–H and O–H groups in total. The maximum absolute atomic E-state index is 4.98. The van der Waals surface area contributed by atoms with Gasteiger partial charge in [-0.15, -0.1) is 0 Å². The first-order chi connectivity index (χ1) is 3.41. The average molecular weight is 96.1 g/mol. The molecule has 0 aliphatic rings. The molecule has 0 saturated heterocycles. The second-order valence-corrected chi connectivity index (χ2v) is 0.909. The molecular formula is C5H8N2. The number of hydrogen-bond acceptors (Lipinski definition) is 2. The van der Waals surface area contributed by atoms with Crippen LogP contribution >= 0.6 is 0 Å². The molecule has 0 fully saturated rings. The quantitative estimate of drug-likeness (QED) is 0.398. The number of rotatable bonds is 2. The predicted octanol–water partition coefficient (Wildman–Crippen LogP) is 0.673. The number of hydrogen-bond donors (Lipinski definition) is 1. The minimum atomic E-state index is 1.43. The van der Waals surface area contributed by atoms with Gasteiger partial charge in [0.2, 0.25) is 0 Å². The Labute approximate surface area is 43.1 Å². The summed E-state index contributed by atoms with van der Waals surface area (Å²) in [6.45, 7) is 3.22. The molecule has 0 radical (unpaired) electrons. The van der Waals surface area contributed by atoms with Gasteiger partial charge in [0.25, 0.3) is 0 Å². The van der Waals surface area contributed by atoms with Crippen LogP contribution in [0.3, 0.4) is 0 Å². The fourth-order valence-electron chi connectivity index (χ4n) is 0.175. The van der Waals surface area contributed by atoms with Crippen molar-refractivity contribution in [3.8, 4) is 0 Å². The lowest BCUT2D eigenvalue weighted by Gasteiger charge is -1.66. The summed E-state index contributed by atoms with van der Waals surface area (Å²) in [4.78, 5) is 3.44. The van der Waals surface area contributed by atoms with Crippen LogP contribution in [0.4, 0.5) is 0 Å². The molecule has 2 heteroatoms. The van der Waals surface area contributed by atoms with E-state index in [1.807, 2.05) is 0 Å². The van der Waals surface area contributed by atoms with Crippen LogP contribution in [0.2, 0.25) is 0 Å². The Bertz CT molecular complexity index is 92.3. The van der Waals surface area contributed by atoms with Gasteiger partial charge in [-0.05, 0) is 25.1 Å². The molecule has 0 aliphatic heterocycles. The van der Waals surface area contributed by atoms with Crippen LogP contribution < -0.4 is 5.73 Å². The van der Waals surface area contributed by atoms with Crippen molar-refractivity contribution in [2.24, 2.45) is 10.7 Å². The van der Waals surface area contributed by atoms with Crippen LogP contribution in [0.5, 0.6) is 0 Å². The highest BCUT2D eigenvalue weighted by atomic mass is 14.6. The van der Waals surface area contributed by atoms with Crippen molar-refractivity contribution in [1.82, 2.24) is 0 Å². The minimum Gasteiger partial charge on any atom is -0.405 e. The van der Waals surface area contributed by atoms with Gasteiger partial charge in [-0.25, -0.2) is 0 Å². The normalized spacial score (nSPS) is 10.9. The maximum Gasteiger partial charge on any atom is 0.0261 e. The lowest BCUT2D eigenvalue weighted by molar-refractivity contribution is 1.57. The average Bonchev–Trinajstić information content (AvgIpc) is 1.69. The first-order valence-corrected chi connectivity index (χ1v) is 1.91. The summed E-state index contributed by atoms with van der Waals surface area (Å²) in [5, 5.41) is 0. The Balaban J connectivity index is 3.27. The van der Waals surface area contributed by atoms with Crippen molar-refractivity contribution in [3.63, 3.8) is 0 Å². The van der Waals surface area contributed by atoms with Crippen molar-refractivity contribution >= 4 is 6.72 Å². The zero-order valence-corrected chi connectivity index (χ0v) is 4.04. The third-order valence-corrected chi connectivity index (χ3v) is 0.414. The molecule has 0 saturated carbocycles. The van der Waals surface area contributed by atoms with E-state index in [2.05, 4.69) is 11.7 Å². The monoisotopic (exact) mass is 96.1 g/mol. The molecule has 0 aromatic heterocycles. The zero-order valence-electron chi connectivity index (χ0n) is 4.04. The van der Waals surface area contributed by atoms with Gasteiger partial charge in [0.15, 0.2) is 0 Å². The molecule has 0 atom stereocenters. The fraction of sp³-hybridized carbons (Fsp3) is 0. The minimum absolute atomic E-state index is 1.43. The molecular weight excluding hydrogens is 88.1 g/mol. The summed E-state index contributed by atoms with van der Waals surface area (Å²) < 4.78 is 0. The van der Waals surface area contributed by atoms with E-state index in [0.717, 1.165) is 0 Å². The summed E-state index contributed by atoms with van der Waals surface area (Å²) in [5.74, 6) is 0. The molecule has 0 aromatic rings. The Kier molecular flexibility index (Phi) is 4.21. The van der Waals surface area contributed by atoms with Crippen molar-refractivity contribution in [2.75, 3.05) is 0 Å². The van der Waals surface area contributed by atoms with Gasteiger partial charge < -0.3 is 5.73 Å².